The molecule has 3 fully saturated rings. The summed E-state index contributed by atoms with van der Waals surface area (Å²) in [5.74, 6) is 2.09. The van der Waals surface area contributed by atoms with E-state index in [2.05, 4.69) is 0 Å². The van der Waals surface area contributed by atoms with Crippen LogP contribution in [0.4, 0.5) is 5.69 Å². The zero-order valence-corrected chi connectivity index (χ0v) is 24.3. The van der Waals surface area contributed by atoms with Crippen molar-refractivity contribution in [2.24, 2.45) is 16.7 Å². The maximum atomic E-state index is 13.8. The number of aliphatic hydroxyl groups is 1. The smallest absolute Gasteiger partial charge is 0.232 e. The molecule has 1 amide bonds. The van der Waals surface area contributed by atoms with Gasteiger partial charge >= 0.3 is 0 Å². The Kier molecular flexibility index (Phi) is 5.66. The van der Waals surface area contributed by atoms with Crippen molar-refractivity contribution < 1.29 is 19.4 Å². The highest BCUT2D eigenvalue weighted by Gasteiger charge is 2.87. The summed E-state index contributed by atoms with van der Waals surface area (Å²) in [7, 11) is 1.62. The van der Waals surface area contributed by atoms with Crippen molar-refractivity contribution in [2.75, 3.05) is 12.0 Å². The third-order valence-electron chi connectivity index (χ3n) is 10.4. The molecule has 0 radical (unpaired) electrons. The number of fused-ring (bicyclic) bond motifs is 1. The summed E-state index contributed by atoms with van der Waals surface area (Å²) >= 11 is 6.26. The molecule has 5 nitrogen and oxygen atoms in total. The fourth-order valence-corrected chi connectivity index (χ4v) is 8.39. The summed E-state index contributed by atoms with van der Waals surface area (Å²) in [6.45, 7) is 5.97. The van der Waals surface area contributed by atoms with E-state index in [1.807, 2.05) is 86.3 Å². The molecule has 3 aromatic rings. The standard InChI is InChI=1S/C34H36ClNO4/c1-20(2)40-29-17-27-22(15-28(29)39-4)16-30(37)36(31(27)21-5-9-25(35)10-6-21)26-11-7-23(8-12-26)32(3,38)34-14-13-24-18-33(24,34)19-34/h5-12,15,17,20,24,31,38H,13-14,16,18-19H2,1-4H3/t24?,31-,32?,33?,34?/m0/s1. The molecule has 3 saturated carbocycles. The van der Waals surface area contributed by atoms with Crippen molar-refractivity contribution in [1.29, 1.82) is 0 Å². The normalized spacial score (nSPS) is 29.4. The van der Waals surface area contributed by atoms with Gasteiger partial charge in [-0.25, -0.2) is 0 Å². The van der Waals surface area contributed by atoms with Gasteiger partial charge in [-0.05, 0) is 116 Å². The van der Waals surface area contributed by atoms with Gasteiger partial charge < -0.3 is 19.5 Å². The van der Waals surface area contributed by atoms with Crippen molar-refractivity contribution in [3.8, 4) is 11.5 Å². The van der Waals surface area contributed by atoms with Crippen molar-refractivity contribution in [3.05, 3.63) is 87.9 Å². The van der Waals surface area contributed by atoms with Gasteiger partial charge in [0.2, 0.25) is 5.91 Å². The molecule has 4 aliphatic rings. The Morgan fingerprint density at radius 2 is 1.80 bits per heavy atom. The largest absolute Gasteiger partial charge is 0.493 e. The molecule has 5 atom stereocenters. The summed E-state index contributed by atoms with van der Waals surface area (Å²) in [5.41, 5.74) is 4.15. The van der Waals surface area contributed by atoms with Crippen molar-refractivity contribution >= 4 is 23.2 Å². The number of amides is 1. The van der Waals surface area contributed by atoms with Crippen LogP contribution < -0.4 is 14.4 Å². The summed E-state index contributed by atoms with van der Waals surface area (Å²) in [4.78, 5) is 15.7. The number of rotatable bonds is 7. The number of carbonyl (C=O) groups is 1. The van der Waals surface area contributed by atoms with Gasteiger partial charge in [-0.2, -0.15) is 0 Å². The molecule has 1 heterocycles. The Labute approximate surface area is 241 Å². The monoisotopic (exact) mass is 557 g/mol. The van der Waals surface area contributed by atoms with Crippen LogP contribution in [0.1, 0.15) is 74.8 Å². The van der Waals surface area contributed by atoms with Crippen LogP contribution in [0.5, 0.6) is 11.5 Å². The first-order chi connectivity index (χ1) is 19.1. The lowest BCUT2D eigenvalue weighted by molar-refractivity contribution is -0.118. The number of methoxy groups -OCH3 is 1. The molecule has 40 heavy (non-hydrogen) atoms. The lowest BCUT2D eigenvalue weighted by Gasteiger charge is -2.39. The summed E-state index contributed by atoms with van der Waals surface area (Å²) in [6.07, 6.45) is 4.99. The van der Waals surface area contributed by atoms with E-state index in [1.165, 1.54) is 12.8 Å². The molecular formula is C34H36ClNO4. The second-order valence-electron chi connectivity index (χ2n) is 12.7. The highest BCUT2D eigenvalue weighted by Crippen LogP contribution is 2.92. The predicted molar refractivity (Wildman–Crippen MR) is 156 cm³/mol. The van der Waals surface area contributed by atoms with Gasteiger partial charge in [-0.15, -0.1) is 0 Å². The van der Waals surface area contributed by atoms with Crippen LogP contribution in [-0.4, -0.2) is 24.2 Å². The van der Waals surface area contributed by atoms with Gasteiger partial charge in [0, 0.05) is 16.1 Å². The predicted octanol–water partition coefficient (Wildman–Crippen LogP) is 7.21. The lowest BCUT2D eigenvalue weighted by Crippen LogP contribution is -2.41. The maximum Gasteiger partial charge on any atom is 0.232 e. The molecular weight excluding hydrogens is 522 g/mol. The van der Waals surface area contributed by atoms with Crippen molar-refractivity contribution in [2.45, 2.75) is 70.6 Å². The molecule has 0 bridgehead atoms. The van der Waals surface area contributed by atoms with Gasteiger partial charge in [0.05, 0.1) is 31.3 Å². The third kappa shape index (κ3) is 3.60. The molecule has 4 unspecified atom stereocenters. The quantitative estimate of drug-likeness (QED) is 0.333. The molecule has 6 heteroatoms. The molecule has 3 aliphatic carbocycles. The van der Waals surface area contributed by atoms with Crippen LogP contribution in [0, 0.1) is 16.7 Å². The number of halogens is 1. The van der Waals surface area contributed by atoms with E-state index in [-0.39, 0.29) is 29.9 Å². The van der Waals surface area contributed by atoms with Gasteiger partial charge in [-0.1, -0.05) is 35.9 Å². The van der Waals surface area contributed by atoms with E-state index in [4.69, 9.17) is 21.1 Å². The average Bonchev–Trinajstić information content (AvgIpc) is 3.80. The number of anilines is 1. The van der Waals surface area contributed by atoms with Gasteiger partial charge in [-0.3, -0.25) is 4.79 Å². The summed E-state index contributed by atoms with van der Waals surface area (Å²) in [6, 6.07) is 19.3. The molecule has 7 rings (SSSR count). The van der Waals surface area contributed by atoms with E-state index in [1.54, 1.807) is 7.11 Å². The minimum absolute atomic E-state index is 0.00268. The molecule has 0 aromatic heterocycles. The second kappa shape index (κ2) is 8.74. The Morgan fingerprint density at radius 1 is 1.07 bits per heavy atom. The summed E-state index contributed by atoms with van der Waals surface area (Å²) in [5, 5.41) is 12.5. The fraction of sp³-hybridized carbons (Fsp3) is 0.441. The highest BCUT2D eigenvalue weighted by molar-refractivity contribution is 6.30. The van der Waals surface area contributed by atoms with Crippen LogP contribution in [0.15, 0.2) is 60.7 Å². The molecule has 1 aliphatic heterocycles. The van der Waals surface area contributed by atoms with E-state index < -0.39 is 5.60 Å². The van der Waals surface area contributed by atoms with E-state index in [0.717, 1.165) is 46.7 Å². The van der Waals surface area contributed by atoms with Gasteiger partial charge in [0.1, 0.15) is 0 Å². The third-order valence-corrected chi connectivity index (χ3v) is 10.6. The number of ether oxygens (including phenoxy) is 2. The number of benzene rings is 3. The topological polar surface area (TPSA) is 59.0 Å². The van der Waals surface area contributed by atoms with Crippen molar-refractivity contribution in [1.82, 2.24) is 0 Å². The maximum absolute atomic E-state index is 13.8. The molecule has 208 valence electrons. The Hall–Kier alpha value is -3.02. The van der Waals surface area contributed by atoms with E-state index >= 15 is 0 Å². The zero-order valence-electron chi connectivity index (χ0n) is 23.5. The molecule has 1 spiro atoms. The van der Waals surface area contributed by atoms with Crippen LogP contribution in [-0.2, 0) is 16.8 Å². The van der Waals surface area contributed by atoms with Crippen LogP contribution >= 0.6 is 11.6 Å². The first-order valence-corrected chi connectivity index (χ1v) is 14.8. The molecule has 0 saturated heterocycles. The van der Waals surface area contributed by atoms with Gasteiger partial charge in [0.25, 0.3) is 0 Å². The molecule has 3 aromatic carbocycles. The van der Waals surface area contributed by atoms with E-state index in [0.29, 0.717) is 21.9 Å². The number of hydrogen-bond acceptors (Lipinski definition) is 4. The number of carbonyl (C=O) groups excluding carboxylic acids is 1. The fourth-order valence-electron chi connectivity index (χ4n) is 8.27. The van der Waals surface area contributed by atoms with E-state index in [9.17, 15) is 9.90 Å². The Balaban J connectivity index is 1.30. The Morgan fingerprint density at radius 3 is 2.38 bits per heavy atom. The first kappa shape index (κ1) is 25.9. The minimum Gasteiger partial charge on any atom is -0.493 e. The first-order valence-electron chi connectivity index (χ1n) is 14.4. The van der Waals surface area contributed by atoms with Crippen molar-refractivity contribution in [3.63, 3.8) is 0 Å². The molecule has 1 N–H and O–H groups in total. The second-order valence-corrected chi connectivity index (χ2v) is 13.2. The number of nitrogens with zero attached hydrogens (tertiary/aromatic N) is 1. The van der Waals surface area contributed by atoms with Crippen LogP contribution in [0.25, 0.3) is 0 Å². The minimum atomic E-state index is -0.871. The highest BCUT2D eigenvalue weighted by atomic mass is 35.5. The lowest BCUT2D eigenvalue weighted by atomic mass is 9.76. The summed E-state index contributed by atoms with van der Waals surface area (Å²) < 4.78 is 11.8. The zero-order chi connectivity index (χ0) is 28.0. The van der Waals surface area contributed by atoms with Gasteiger partial charge in [0.15, 0.2) is 11.5 Å². The SMILES string of the molecule is COc1cc2c(cc1OC(C)C)[C@H](c1ccc(Cl)cc1)N(c1ccc(C(C)(O)C34CCC5CC53C4)cc1)C(=O)C2. The van der Waals surface area contributed by atoms with Crippen LogP contribution in [0.2, 0.25) is 5.02 Å². The average molecular weight is 558 g/mol. The Bertz CT molecular complexity index is 1490. The van der Waals surface area contributed by atoms with Crippen LogP contribution in [0.3, 0.4) is 0 Å². The number of hydrogen-bond donors (Lipinski definition) is 1.